The smallest absolute Gasteiger partial charge is 0.0810 e. The zero-order valence-corrected chi connectivity index (χ0v) is 9.69. The van der Waals surface area contributed by atoms with Crippen LogP contribution in [0.3, 0.4) is 0 Å². The van der Waals surface area contributed by atoms with Crippen LogP contribution in [0.5, 0.6) is 0 Å². The molecule has 0 aliphatic rings. The van der Waals surface area contributed by atoms with Gasteiger partial charge in [0, 0.05) is 11.6 Å². The monoisotopic (exact) mass is 208 g/mol. The van der Waals surface area contributed by atoms with Crippen LogP contribution in [0.2, 0.25) is 0 Å². The minimum Gasteiger partial charge on any atom is -0.374 e. The molecule has 1 N–H and O–H groups in total. The van der Waals surface area contributed by atoms with E-state index in [1.54, 1.807) is 6.20 Å². The molecule has 0 amide bonds. The third-order valence-electron chi connectivity index (χ3n) is 1.84. The Morgan fingerprint density at radius 3 is 2.64 bits per heavy atom. The molecule has 0 radical (unpaired) electrons. The van der Waals surface area contributed by atoms with Gasteiger partial charge < -0.3 is 5.32 Å². The molecular formula is C11H16N2S. The molecule has 1 rings (SSSR count). The van der Waals surface area contributed by atoms with Gasteiger partial charge in [0.25, 0.3) is 0 Å². The Hall–Kier alpha value is -0.960. The third kappa shape index (κ3) is 3.42. The van der Waals surface area contributed by atoms with E-state index >= 15 is 0 Å². The number of nitrogens with zero attached hydrogens (tertiary/aromatic N) is 1. The van der Waals surface area contributed by atoms with E-state index in [1.807, 2.05) is 18.2 Å². The molecule has 0 fully saturated rings. The number of nitrogens with one attached hydrogen (secondary N) is 1. The summed E-state index contributed by atoms with van der Waals surface area (Å²) in [6.07, 6.45) is 1.79. The van der Waals surface area contributed by atoms with Crippen molar-refractivity contribution in [3.05, 3.63) is 30.1 Å². The topological polar surface area (TPSA) is 24.9 Å². The Bertz CT molecular complexity index is 301. The maximum atomic E-state index is 5.25. The van der Waals surface area contributed by atoms with Crippen molar-refractivity contribution in [1.29, 1.82) is 0 Å². The van der Waals surface area contributed by atoms with E-state index in [1.165, 1.54) is 0 Å². The van der Waals surface area contributed by atoms with Gasteiger partial charge in [-0.3, -0.25) is 4.98 Å². The SMILES string of the molecule is CC(C)(C)C(=S)NCc1ccccn1. The van der Waals surface area contributed by atoms with E-state index in [2.05, 4.69) is 31.1 Å². The Balaban J connectivity index is 2.46. The van der Waals surface area contributed by atoms with Crippen LogP contribution >= 0.6 is 12.2 Å². The predicted molar refractivity (Wildman–Crippen MR) is 63.1 cm³/mol. The number of pyridine rings is 1. The number of hydrogen-bond donors (Lipinski definition) is 1. The summed E-state index contributed by atoms with van der Waals surface area (Å²) in [5, 5.41) is 3.21. The van der Waals surface area contributed by atoms with Crippen LogP contribution in [0, 0.1) is 5.41 Å². The summed E-state index contributed by atoms with van der Waals surface area (Å²) in [6.45, 7) is 7.00. The summed E-state index contributed by atoms with van der Waals surface area (Å²) in [7, 11) is 0. The first-order valence-corrected chi connectivity index (χ1v) is 5.09. The van der Waals surface area contributed by atoms with Crippen LogP contribution in [0.1, 0.15) is 26.5 Å². The van der Waals surface area contributed by atoms with Crippen molar-refractivity contribution in [2.45, 2.75) is 27.3 Å². The van der Waals surface area contributed by atoms with E-state index in [4.69, 9.17) is 12.2 Å². The lowest BCUT2D eigenvalue weighted by Gasteiger charge is -2.20. The second kappa shape index (κ2) is 4.51. The molecule has 1 aromatic rings. The van der Waals surface area contributed by atoms with Crippen LogP contribution in [0.25, 0.3) is 0 Å². The highest BCUT2D eigenvalue weighted by molar-refractivity contribution is 7.80. The minimum absolute atomic E-state index is 0.0319. The number of aromatic nitrogens is 1. The zero-order valence-electron chi connectivity index (χ0n) is 8.87. The molecule has 3 heteroatoms. The van der Waals surface area contributed by atoms with Crippen molar-refractivity contribution in [3.8, 4) is 0 Å². The van der Waals surface area contributed by atoms with Gasteiger partial charge in [-0.2, -0.15) is 0 Å². The van der Waals surface area contributed by atoms with Crippen LogP contribution in [0.4, 0.5) is 0 Å². The average Bonchev–Trinajstić information content (AvgIpc) is 2.14. The molecule has 0 aromatic carbocycles. The third-order valence-corrected chi connectivity index (χ3v) is 2.59. The summed E-state index contributed by atoms with van der Waals surface area (Å²) in [6, 6.07) is 5.87. The molecule has 2 nitrogen and oxygen atoms in total. The van der Waals surface area contributed by atoms with Crippen LogP contribution < -0.4 is 5.32 Å². The van der Waals surface area contributed by atoms with Gasteiger partial charge in [0.05, 0.1) is 17.2 Å². The van der Waals surface area contributed by atoms with Crippen molar-refractivity contribution >= 4 is 17.2 Å². The fraction of sp³-hybridized carbons (Fsp3) is 0.455. The first kappa shape index (κ1) is 11.1. The normalized spacial score (nSPS) is 11.1. The average molecular weight is 208 g/mol. The molecular weight excluding hydrogens is 192 g/mol. The highest BCUT2D eigenvalue weighted by atomic mass is 32.1. The lowest BCUT2D eigenvalue weighted by Crippen LogP contribution is -2.32. The molecule has 0 bridgehead atoms. The summed E-state index contributed by atoms with van der Waals surface area (Å²) < 4.78 is 0. The molecule has 1 aromatic heterocycles. The van der Waals surface area contributed by atoms with Gasteiger partial charge in [-0.05, 0) is 12.1 Å². The van der Waals surface area contributed by atoms with E-state index < -0.39 is 0 Å². The maximum Gasteiger partial charge on any atom is 0.0810 e. The van der Waals surface area contributed by atoms with Crippen LogP contribution in [0.15, 0.2) is 24.4 Å². The van der Waals surface area contributed by atoms with Gasteiger partial charge in [0.1, 0.15) is 0 Å². The Kier molecular flexibility index (Phi) is 3.58. The second-order valence-corrected chi connectivity index (χ2v) is 4.66. The molecule has 0 unspecified atom stereocenters. The molecule has 0 saturated carbocycles. The minimum atomic E-state index is 0.0319. The highest BCUT2D eigenvalue weighted by Gasteiger charge is 2.16. The molecule has 0 atom stereocenters. The highest BCUT2D eigenvalue weighted by Crippen LogP contribution is 2.14. The molecule has 14 heavy (non-hydrogen) atoms. The lowest BCUT2D eigenvalue weighted by molar-refractivity contribution is 0.574. The number of thiocarbonyl (C=S) groups is 1. The summed E-state index contributed by atoms with van der Waals surface area (Å²) in [4.78, 5) is 5.09. The Morgan fingerprint density at radius 2 is 2.14 bits per heavy atom. The van der Waals surface area contributed by atoms with Gasteiger partial charge in [-0.15, -0.1) is 0 Å². The molecule has 76 valence electrons. The van der Waals surface area contributed by atoms with E-state index in [-0.39, 0.29) is 5.41 Å². The second-order valence-electron chi connectivity index (χ2n) is 4.25. The van der Waals surface area contributed by atoms with Gasteiger partial charge in [-0.25, -0.2) is 0 Å². The van der Waals surface area contributed by atoms with Gasteiger partial charge in [0.15, 0.2) is 0 Å². The number of hydrogen-bond acceptors (Lipinski definition) is 2. The first-order valence-electron chi connectivity index (χ1n) is 4.68. The van der Waals surface area contributed by atoms with Gasteiger partial charge >= 0.3 is 0 Å². The van der Waals surface area contributed by atoms with Crippen molar-refractivity contribution in [2.75, 3.05) is 0 Å². The maximum absolute atomic E-state index is 5.25. The van der Waals surface area contributed by atoms with Crippen molar-refractivity contribution < 1.29 is 0 Å². The standard InChI is InChI=1S/C11H16N2S/c1-11(2,3)10(14)13-8-9-6-4-5-7-12-9/h4-7H,8H2,1-3H3,(H,13,14). The van der Waals surface area contributed by atoms with Gasteiger partial charge in [0.2, 0.25) is 0 Å². The van der Waals surface area contributed by atoms with Gasteiger partial charge in [-0.1, -0.05) is 39.1 Å². The largest absolute Gasteiger partial charge is 0.374 e. The first-order chi connectivity index (χ1) is 6.50. The number of rotatable bonds is 2. The molecule has 0 aliphatic heterocycles. The Labute approximate surface area is 90.7 Å². The molecule has 0 spiro atoms. The summed E-state index contributed by atoms with van der Waals surface area (Å²) in [5.74, 6) is 0. The van der Waals surface area contributed by atoms with Crippen LogP contribution in [-0.4, -0.2) is 9.97 Å². The Morgan fingerprint density at radius 1 is 1.43 bits per heavy atom. The van der Waals surface area contributed by atoms with E-state index in [0.29, 0.717) is 6.54 Å². The van der Waals surface area contributed by atoms with Crippen molar-refractivity contribution in [3.63, 3.8) is 0 Å². The quantitative estimate of drug-likeness (QED) is 0.756. The lowest BCUT2D eigenvalue weighted by atomic mass is 9.97. The fourth-order valence-corrected chi connectivity index (χ4v) is 1.01. The molecule has 0 saturated heterocycles. The summed E-state index contributed by atoms with van der Waals surface area (Å²) in [5.41, 5.74) is 1.04. The molecule has 0 aliphatic carbocycles. The van der Waals surface area contributed by atoms with E-state index in [0.717, 1.165) is 10.7 Å². The van der Waals surface area contributed by atoms with Crippen LogP contribution in [-0.2, 0) is 6.54 Å². The van der Waals surface area contributed by atoms with E-state index in [9.17, 15) is 0 Å². The molecule has 1 heterocycles. The van der Waals surface area contributed by atoms with Crippen molar-refractivity contribution in [1.82, 2.24) is 10.3 Å². The summed E-state index contributed by atoms with van der Waals surface area (Å²) >= 11 is 5.25. The predicted octanol–water partition coefficient (Wildman–Crippen LogP) is 2.54. The zero-order chi connectivity index (χ0) is 10.6. The fourth-order valence-electron chi connectivity index (χ4n) is 0.939. The van der Waals surface area contributed by atoms with Crippen molar-refractivity contribution in [2.24, 2.45) is 5.41 Å².